The van der Waals surface area contributed by atoms with Gasteiger partial charge in [-0.2, -0.15) is 0 Å². The summed E-state index contributed by atoms with van der Waals surface area (Å²) in [6, 6.07) is 8.99. The van der Waals surface area contributed by atoms with Crippen LogP contribution in [-0.2, 0) is 16.1 Å². The number of carboxylic acids is 1. The van der Waals surface area contributed by atoms with E-state index in [0.717, 1.165) is 5.56 Å². The minimum absolute atomic E-state index is 0.0359. The Balaban J connectivity index is 2.50. The third-order valence-corrected chi connectivity index (χ3v) is 2.88. The molecule has 19 heavy (non-hydrogen) atoms. The normalized spacial score (nSPS) is 11.9. The standard InChI is InChI=1S/C14H20N2O3/c1-3-16(10-12-7-5-4-6-8-12)13(17)9-15-11(2)14(18)19/h4-8,11,15H,3,9-10H2,1-2H3,(H,18,19). The Hall–Kier alpha value is -1.88. The predicted molar refractivity (Wildman–Crippen MR) is 72.6 cm³/mol. The Morgan fingerprint density at radius 3 is 2.47 bits per heavy atom. The number of hydrogen-bond donors (Lipinski definition) is 2. The number of carbonyl (C=O) groups is 2. The Labute approximate surface area is 113 Å². The summed E-state index contributed by atoms with van der Waals surface area (Å²) in [4.78, 5) is 24.3. The molecule has 0 aliphatic rings. The van der Waals surface area contributed by atoms with Crippen LogP contribution in [-0.4, -0.2) is 41.0 Å². The van der Waals surface area contributed by atoms with Gasteiger partial charge in [-0.25, -0.2) is 0 Å². The van der Waals surface area contributed by atoms with E-state index in [1.165, 1.54) is 6.92 Å². The van der Waals surface area contributed by atoms with Crippen LogP contribution in [0, 0.1) is 0 Å². The number of nitrogens with zero attached hydrogens (tertiary/aromatic N) is 1. The lowest BCUT2D eigenvalue weighted by molar-refractivity contribution is -0.139. The molecule has 0 saturated carbocycles. The highest BCUT2D eigenvalue weighted by molar-refractivity contribution is 5.79. The molecule has 5 nitrogen and oxygen atoms in total. The van der Waals surface area contributed by atoms with E-state index in [-0.39, 0.29) is 12.5 Å². The molecule has 2 N–H and O–H groups in total. The Bertz CT molecular complexity index is 420. The molecule has 1 aromatic rings. The fourth-order valence-corrected chi connectivity index (χ4v) is 1.62. The highest BCUT2D eigenvalue weighted by atomic mass is 16.4. The second-order valence-electron chi connectivity index (χ2n) is 4.33. The summed E-state index contributed by atoms with van der Waals surface area (Å²) in [6.07, 6.45) is 0. The van der Waals surface area contributed by atoms with Crippen LogP contribution in [0.15, 0.2) is 30.3 Å². The van der Waals surface area contributed by atoms with Gasteiger partial charge in [0.1, 0.15) is 6.04 Å². The number of amides is 1. The number of carbonyl (C=O) groups excluding carboxylic acids is 1. The van der Waals surface area contributed by atoms with Crippen LogP contribution in [0.4, 0.5) is 0 Å². The van der Waals surface area contributed by atoms with Crippen molar-refractivity contribution < 1.29 is 14.7 Å². The van der Waals surface area contributed by atoms with Crippen LogP contribution >= 0.6 is 0 Å². The van der Waals surface area contributed by atoms with Gasteiger partial charge in [-0.15, -0.1) is 0 Å². The molecular weight excluding hydrogens is 244 g/mol. The molecule has 0 saturated heterocycles. The van der Waals surface area contributed by atoms with Crippen LogP contribution in [0.25, 0.3) is 0 Å². The van der Waals surface area contributed by atoms with Gasteiger partial charge in [0.25, 0.3) is 0 Å². The maximum Gasteiger partial charge on any atom is 0.320 e. The van der Waals surface area contributed by atoms with Crippen molar-refractivity contribution in [3.8, 4) is 0 Å². The lowest BCUT2D eigenvalue weighted by atomic mass is 10.2. The number of benzene rings is 1. The molecule has 0 radical (unpaired) electrons. The molecule has 104 valence electrons. The highest BCUT2D eigenvalue weighted by Gasteiger charge is 2.15. The Morgan fingerprint density at radius 2 is 1.95 bits per heavy atom. The summed E-state index contributed by atoms with van der Waals surface area (Å²) in [6.45, 7) is 4.59. The zero-order chi connectivity index (χ0) is 14.3. The minimum Gasteiger partial charge on any atom is -0.480 e. The highest BCUT2D eigenvalue weighted by Crippen LogP contribution is 2.04. The van der Waals surface area contributed by atoms with E-state index in [1.807, 2.05) is 37.3 Å². The average molecular weight is 264 g/mol. The van der Waals surface area contributed by atoms with Gasteiger partial charge in [-0.3, -0.25) is 14.9 Å². The predicted octanol–water partition coefficient (Wildman–Crippen LogP) is 1.10. The zero-order valence-electron chi connectivity index (χ0n) is 11.3. The summed E-state index contributed by atoms with van der Waals surface area (Å²) < 4.78 is 0. The van der Waals surface area contributed by atoms with Crippen LogP contribution in [0.2, 0.25) is 0 Å². The van der Waals surface area contributed by atoms with Gasteiger partial charge in [0, 0.05) is 13.1 Å². The van der Waals surface area contributed by atoms with Crippen LogP contribution in [0.3, 0.4) is 0 Å². The first-order valence-electron chi connectivity index (χ1n) is 6.32. The van der Waals surface area contributed by atoms with E-state index >= 15 is 0 Å². The quantitative estimate of drug-likeness (QED) is 0.773. The van der Waals surface area contributed by atoms with Crippen molar-refractivity contribution in [1.82, 2.24) is 10.2 Å². The second-order valence-corrected chi connectivity index (χ2v) is 4.33. The fraction of sp³-hybridized carbons (Fsp3) is 0.429. The van der Waals surface area contributed by atoms with E-state index in [1.54, 1.807) is 4.90 Å². The molecule has 0 aromatic heterocycles. The zero-order valence-corrected chi connectivity index (χ0v) is 11.3. The molecule has 0 heterocycles. The maximum atomic E-state index is 12.0. The molecule has 0 spiro atoms. The molecule has 1 amide bonds. The van der Waals surface area contributed by atoms with Crippen LogP contribution in [0.1, 0.15) is 19.4 Å². The van der Waals surface area contributed by atoms with Crippen molar-refractivity contribution in [2.75, 3.05) is 13.1 Å². The van der Waals surface area contributed by atoms with Crippen molar-refractivity contribution in [3.05, 3.63) is 35.9 Å². The van der Waals surface area contributed by atoms with Gasteiger partial charge in [-0.1, -0.05) is 30.3 Å². The SMILES string of the molecule is CCN(Cc1ccccc1)C(=O)CNC(C)C(=O)O. The monoisotopic (exact) mass is 264 g/mol. The molecule has 0 bridgehead atoms. The van der Waals surface area contributed by atoms with Crippen LogP contribution in [0.5, 0.6) is 0 Å². The molecular formula is C14H20N2O3. The van der Waals surface area contributed by atoms with Gasteiger partial charge >= 0.3 is 5.97 Å². The first kappa shape index (κ1) is 15.2. The lowest BCUT2D eigenvalue weighted by Crippen LogP contribution is -2.43. The maximum absolute atomic E-state index is 12.0. The minimum atomic E-state index is -0.959. The fourth-order valence-electron chi connectivity index (χ4n) is 1.62. The molecule has 1 unspecified atom stereocenters. The topological polar surface area (TPSA) is 69.6 Å². The Morgan fingerprint density at radius 1 is 1.32 bits per heavy atom. The summed E-state index contributed by atoms with van der Waals surface area (Å²) in [5.74, 6) is -1.06. The number of nitrogens with one attached hydrogen (secondary N) is 1. The summed E-state index contributed by atoms with van der Waals surface area (Å²) in [5, 5.41) is 11.4. The summed E-state index contributed by atoms with van der Waals surface area (Å²) in [5.41, 5.74) is 1.06. The lowest BCUT2D eigenvalue weighted by Gasteiger charge is -2.22. The molecule has 0 aliphatic carbocycles. The molecule has 0 fully saturated rings. The summed E-state index contributed by atoms with van der Waals surface area (Å²) >= 11 is 0. The average Bonchev–Trinajstić information content (AvgIpc) is 2.42. The van der Waals surface area contributed by atoms with Gasteiger partial charge in [-0.05, 0) is 19.4 Å². The third-order valence-electron chi connectivity index (χ3n) is 2.88. The first-order chi connectivity index (χ1) is 9.04. The first-order valence-corrected chi connectivity index (χ1v) is 6.32. The van der Waals surface area contributed by atoms with E-state index < -0.39 is 12.0 Å². The smallest absolute Gasteiger partial charge is 0.320 e. The van der Waals surface area contributed by atoms with Crippen LogP contribution < -0.4 is 5.32 Å². The van der Waals surface area contributed by atoms with E-state index in [9.17, 15) is 9.59 Å². The van der Waals surface area contributed by atoms with E-state index in [4.69, 9.17) is 5.11 Å². The summed E-state index contributed by atoms with van der Waals surface area (Å²) in [7, 11) is 0. The van der Waals surface area contributed by atoms with Gasteiger partial charge in [0.05, 0.1) is 6.54 Å². The van der Waals surface area contributed by atoms with Gasteiger partial charge in [0.15, 0.2) is 0 Å². The molecule has 1 aromatic carbocycles. The molecule has 1 atom stereocenters. The van der Waals surface area contributed by atoms with Crippen molar-refractivity contribution >= 4 is 11.9 Å². The largest absolute Gasteiger partial charge is 0.480 e. The van der Waals surface area contributed by atoms with Crippen molar-refractivity contribution in [3.63, 3.8) is 0 Å². The van der Waals surface area contributed by atoms with E-state index in [0.29, 0.717) is 13.1 Å². The number of hydrogen-bond acceptors (Lipinski definition) is 3. The van der Waals surface area contributed by atoms with Crippen molar-refractivity contribution in [2.24, 2.45) is 0 Å². The number of aliphatic carboxylic acids is 1. The van der Waals surface area contributed by atoms with Gasteiger partial charge < -0.3 is 10.0 Å². The number of rotatable bonds is 7. The van der Waals surface area contributed by atoms with E-state index in [2.05, 4.69) is 5.32 Å². The molecule has 0 aliphatic heterocycles. The number of likely N-dealkylation sites (N-methyl/N-ethyl adjacent to an activating group) is 1. The van der Waals surface area contributed by atoms with Crippen molar-refractivity contribution in [1.29, 1.82) is 0 Å². The molecule has 5 heteroatoms. The third kappa shape index (κ3) is 5.09. The molecule has 1 rings (SSSR count). The van der Waals surface area contributed by atoms with Gasteiger partial charge in [0.2, 0.25) is 5.91 Å². The number of carboxylic acid groups (broad SMARTS) is 1. The second kappa shape index (κ2) is 7.53. The van der Waals surface area contributed by atoms with Crippen molar-refractivity contribution in [2.45, 2.75) is 26.4 Å². The Kier molecular flexibility index (Phi) is 6.02.